The van der Waals surface area contributed by atoms with Gasteiger partial charge in [-0.3, -0.25) is 0 Å². The highest BCUT2D eigenvalue weighted by Crippen LogP contribution is 2.44. The van der Waals surface area contributed by atoms with Crippen molar-refractivity contribution in [3.63, 3.8) is 0 Å². The summed E-state index contributed by atoms with van der Waals surface area (Å²) in [6.07, 6.45) is 0. The summed E-state index contributed by atoms with van der Waals surface area (Å²) in [4.78, 5) is 14.9. The van der Waals surface area contributed by atoms with Crippen LogP contribution in [0.15, 0.2) is 30.3 Å². The molecule has 0 saturated carbocycles. The van der Waals surface area contributed by atoms with Crippen molar-refractivity contribution in [2.24, 2.45) is 0 Å². The summed E-state index contributed by atoms with van der Waals surface area (Å²) in [6, 6.07) is 9.80. The average Bonchev–Trinajstić information content (AvgIpc) is 2.78. The first-order chi connectivity index (χ1) is 9.56. The van der Waals surface area contributed by atoms with E-state index in [1.54, 1.807) is 6.92 Å². The predicted octanol–water partition coefficient (Wildman–Crippen LogP) is 4.31. The highest BCUT2D eigenvalue weighted by Gasteiger charge is 2.25. The lowest BCUT2D eigenvalue weighted by Crippen LogP contribution is -2.13. The van der Waals surface area contributed by atoms with Crippen LogP contribution in [-0.2, 0) is 4.74 Å². The molecule has 0 bridgehead atoms. The van der Waals surface area contributed by atoms with Crippen LogP contribution < -0.4 is 4.90 Å². The Bertz CT molecular complexity index is 608. The fourth-order valence-corrected chi connectivity index (χ4v) is 3.43. The van der Waals surface area contributed by atoms with E-state index in [-0.39, 0.29) is 5.97 Å². The van der Waals surface area contributed by atoms with Crippen LogP contribution in [0, 0.1) is 0 Å². The van der Waals surface area contributed by atoms with E-state index in [0.29, 0.717) is 17.2 Å². The molecule has 0 atom stereocenters. The fraction of sp³-hybridized carbons (Fsp3) is 0.267. The lowest BCUT2D eigenvalue weighted by molar-refractivity contribution is 0.0528. The monoisotopic (exact) mass is 309 g/mol. The van der Waals surface area contributed by atoms with Crippen molar-refractivity contribution in [3.05, 3.63) is 40.9 Å². The molecule has 5 heteroatoms. The normalized spacial score (nSPS) is 10.4. The summed E-state index contributed by atoms with van der Waals surface area (Å²) < 4.78 is 5.11. The maximum Gasteiger partial charge on any atom is 0.342 e. The number of ether oxygens (including phenoxy) is 1. The molecule has 3 nitrogen and oxygen atoms in total. The molecule has 0 spiro atoms. The van der Waals surface area contributed by atoms with Crippen molar-refractivity contribution in [1.82, 2.24) is 0 Å². The summed E-state index contributed by atoms with van der Waals surface area (Å²) in [5, 5.41) is 1.27. The minimum absolute atomic E-state index is 0.332. The lowest BCUT2D eigenvalue weighted by atomic mass is 10.1. The second kappa shape index (κ2) is 6.29. The quantitative estimate of drug-likeness (QED) is 0.788. The number of carbonyl (C=O) groups is 1. The van der Waals surface area contributed by atoms with Crippen molar-refractivity contribution in [2.45, 2.75) is 6.92 Å². The van der Waals surface area contributed by atoms with Crippen molar-refractivity contribution < 1.29 is 9.53 Å². The number of rotatable bonds is 4. The van der Waals surface area contributed by atoms with Gasteiger partial charge in [0.1, 0.15) is 10.6 Å². The SMILES string of the molecule is CCOC(=O)c1c(N(C)C)sc(-c2ccccc2)c1Cl. The standard InChI is InChI=1S/C15H16ClNO2S/c1-4-19-15(18)11-12(16)13(20-14(11)17(2)3)10-8-6-5-7-9-10/h5-9H,4H2,1-3H3. The molecule has 0 aliphatic rings. The van der Waals surface area contributed by atoms with Crippen molar-refractivity contribution in [3.8, 4) is 10.4 Å². The minimum atomic E-state index is -0.375. The van der Waals surface area contributed by atoms with E-state index < -0.39 is 0 Å². The lowest BCUT2D eigenvalue weighted by Gasteiger charge is -2.11. The summed E-state index contributed by atoms with van der Waals surface area (Å²) in [5.74, 6) is -0.375. The summed E-state index contributed by atoms with van der Waals surface area (Å²) in [7, 11) is 3.78. The molecular formula is C15H16ClNO2S. The van der Waals surface area contributed by atoms with Gasteiger partial charge < -0.3 is 9.64 Å². The molecule has 0 fully saturated rings. The van der Waals surface area contributed by atoms with E-state index in [9.17, 15) is 4.79 Å². The Morgan fingerprint density at radius 3 is 2.50 bits per heavy atom. The Labute approximate surface area is 127 Å². The minimum Gasteiger partial charge on any atom is -0.462 e. The van der Waals surface area contributed by atoms with Gasteiger partial charge >= 0.3 is 5.97 Å². The Balaban J connectivity index is 2.57. The van der Waals surface area contributed by atoms with E-state index in [0.717, 1.165) is 15.4 Å². The van der Waals surface area contributed by atoms with E-state index in [1.807, 2.05) is 49.3 Å². The number of anilines is 1. The number of benzene rings is 1. The zero-order valence-electron chi connectivity index (χ0n) is 11.6. The molecule has 20 heavy (non-hydrogen) atoms. The maximum absolute atomic E-state index is 12.1. The predicted molar refractivity (Wildman–Crippen MR) is 85.0 cm³/mol. The molecule has 1 heterocycles. The third-order valence-corrected chi connectivity index (χ3v) is 4.65. The van der Waals surface area contributed by atoms with Gasteiger partial charge in [-0.25, -0.2) is 4.79 Å². The molecule has 2 aromatic rings. The first-order valence-electron chi connectivity index (χ1n) is 6.28. The first kappa shape index (κ1) is 14.9. The summed E-state index contributed by atoms with van der Waals surface area (Å²) in [6.45, 7) is 2.12. The van der Waals surface area contributed by atoms with Crippen LogP contribution in [0.5, 0.6) is 0 Å². The smallest absolute Gasteiger partial charge is 0.342 e. The van der Waals surface area contributed by atoms with Gasteiger partial charge in [0.2, 0.25) is 0 Å². The molecule has 0 N–H and O–H groups in total. The van der Waals surface area contributed by atoms with Crippen molar-refractivity contribution in [1.29, 1.82) is 0 Å². The highest BCUT2D eigenvalue weighted by atomic mass is 35.5. The molecule has 1 aromatic heterocycles. The molecule has 0 unspecified atom stereocenters. The van der Waals surface area contributed by atoms with E-state index in [4.69, 9.17) is 16.3 Å². The zero-order chi connectivity index (χ0) is 14.7. The van der Waals surface area contributed by atoms with Crippen LogP contribution in [0.3, 0.4) is 0 Å². The number of hydrogen-bond donors (Lipinski definition) is 0. The van der Waals surface area contributed by atoms with Crippen LogP contribution in [0.25, 0.3) is 10.4 Å². The molecular weight excluding hydrogens is 294 g/mol. The Hall–Kier alpha value is -1.52. The van der Waals surface area contributed by atoms with Gasteiger partial charge in [-0.1, -0.05) is 41.9 Å². The van der Waals surface area contributed by atoms with Crippen molar-refractivity contribution >= 4 is 33.9 Å². The van der Waals surface area contributed by atoms with Gasteiger partial charge in [-0.2, -0.15) is 0 Å². The molecule has 0 radical (unpaired) electrons. The number of hydrogen-bond acceptors (Lipinski definition) is 4. The largest absolute Gasteiger partial charge is 0.462 e. The Morgan fingerprint density at radius 1 is 1.30 bits per heavy atom. The van der Waals surface area contributed by atoms with E-state index >= 15 is 0 Å². The molecule has 1 aromatic carbocycles. The molecule has 0 saturated heterocycles. The van der Waals surface area contributed by atoms with Crippen LogP contribution in [0.1, 0.15) is 17.3 Å². The average molecular weight is 310 g/mol. The summed E-state index contributed by atoms with van der Waals surface area (Å²) in [5.41, 5.74) is 1.45. The third kappa shape index (κ3) is 2.81. The van der Waals surface area contributed by atoms with Gasteiger partial charge in [-0.15, -0.1) is 11.3 Å². The van der Waals surface area contributed by atoms with Gasteiger partial charge in [0.05, 0.1) is 16.5 Å². The number of nitrogens with zero attached hydrogens (tertiary/aromatic N) is 1. The first-order valence-corrected chi connectivity index (χ1v) is 7.47. The van der Waals surface area contributed by atoms with Crippen molar-refractivity contribution in [2.75, 3.05) is 25.6 Å². The van der Waals surface area contributed by atoms with Crippen LogP contribution >= 0.6 is 22.9 Å². The van der Waals surface area contributed by atoms with Gasteiger partial charge in [0, 0.05) is 14.1 Å². The number of halogens is 1. The van der Waals surface area contributed by atoms with Crippen LogP contribution in [0.2, 0.25) is 5.02 Å². The Kier molecular flexibility index (Phi) is 4.68. The number of carbonyl (C=O) groups excluding carboxylic acids is 1. The van der Waals surface area contributed by atoms with Crippen LogP contribution in [-0.4, -0.2) is 26.7 Å². The molecule has 106 valence electrons. The second-order valence-corrected chi connectivity index (χ2v) is 5.78. The highest BCUT2D eigenvalue weighted by molar-refractivity contribution is 7.20. The third-order valence-electron chi connectivity index (χ3n) is 2.75. The van der Waals surface area contributed by atoms with Gasteiger partial charge in [0.25, 0.3) is 0 Å². The number of esters is 1. The molecule has 0 aliphatic carbocycles. The summed E-state index contributed by atoms with van der Waals surface area (Å²) >= 11 is 7.92. The molecule has 2 rings (SSSR count). The zero-order valence-corrected chi connectivity index (χ0v) is 13.2. The maximum atomic E-state index is 12.1. The topological polar surface area (TPSA) is 29.5 Å². The van der Waals surface area contributed by atoms with E-state index in [1.165, 1.54) is 11.3 Å². The second-order valence-electron chi connectivity index (χ2n) is 4.41. The fourth-order valence-electron chi connectivity index (χ4n) is 1.87. The van der Waals surface area contributed by atoms with Crippen LogP contribution in [0.4, 0.5) is 5.00 Å². The molecule has 0 amide bonds. The van der Waals surface area contributed by atoms with Gasteiger partial charge in [-0.05, 0) is 12.5 Å². The van der Waals surface area contributed by atoms with E-state index in [2.05, 4.69) is 0 Å². The number of thiophene rings is 1. The molecule has 0 aliphatic heterocycles. The Morgan fingerprint density at radius 2 is 1.95 bits per heavy atom. The van der Waals surface area contributed by atoms with Gasteiger partial charge in [0.15, 0.2) is 0 Å².